The summed E-state index contributed by atoms with van der Waals surface area (Å²) in [5, 5.41) is 10.4. The first-order valence-electron chi connectivity index (χ1n) is 4.66. The molecule has 5 heteroatoms. The number of halogens is 1. The molecule has 0 aliphatic heterocycles. The van der Waals surface area contributed by atoms with Gasteiger partial charge in [-0.05, 0) is 12.1 Å². The molecule has 0 amide bonds. The number of nitrogens with zero attached hydrogens (tertiary/aromatic N) is 2. The number of aryl methyl sites for hydroxylation is 1. The fourth-order valence-electron chi connectivity index (χ4n) is 1.32. The molecule has 2 aromatic heterocycles. The van der Waals surface area contributed by atoms with Crippen LogP contribution in [0.25, 0.3) is 0 Å². The van der Waals surface area contributed by atoms with Crippen LogP contribution in [-0.4, -0.2) is 9.78 Å². The van der Waals surface area contributed by atoms with Gasteiger partial charge in [0.05, 0.1) is 10.7 Å². The second-order valence-electron chi connectivity index (χ2n) is 3.32. The lowest BCUT2D eigenvalue weighted by atomic mass is 10.4. The number of hydrogen-bond acceptors (Lipinski definition) is 3. The molecule has 0 aromatic carbocycles. The summed E-state index contributed by atoms with van der Waals surface area (Å²) in [4.78, 5) is 1.25. The van der Waals surface area contributed by atoms with Gasteiger partial charge in [-0.3, -0.25) is 4.68 Å². The van der Waals surface area contributed by atoms with Crippen LogP contribution in [0.15, 0.2) is 23.7 Å². The van der Waals surface area contributed by atoms with Crippen molar-refractivity contribution in [3.8, 4) is 0 Å². The van der Waals surface area contributed by atoms with Crippen molar-refractivity contribution < 1.29 is 0 Å². The van der Waals surface area contributed by atoms with Crippen LogP contribution in [0.2, 0.25) is 5.02 Å². The molecule has 0 bridgehead atoms. The van der Waals surface area contributed by atoms with Crippen LogP contribution in [0.5, 0.6) is 0 Å². The van der Waals surface area contributed by atoms with Crippen molar-refractivity contribution in [2.75, 3.05) is 0 Å². The zero-order chi connectivity index (χ0) is 10.7. The van der Waals surface area contributed by atoms with Crippen molar-refractivity contribution >= 4 is 22.9 Å². The van der Waals surface area contributed by atoms with Gasteiger partial charge in [0, 0.05) is 36.6 Å². The normalized spacial score (nSPS) is 10.8. The Kier molecular flexibility index (Phi) is 3.41. The predicted molar refractivity (Wildman–Crippen MR) is 63.1 cm³/mol. The van der Waals surface area contributed by atoms with E-state index in [1.54, 1.807) is 16.0 Å². The fourth-order valence-corrected chi connectivity index (χ4v) is 2.36. The Morgan fingerprint density at radius 3 is 3.00 bits per heavy atom. The number of thiophene rings is 1. The van der Waals surface area contributed by atoms with E-state index >= 15 is 0 Å². The van der Waals surface area contributed by atoms with Gasteiger partial charge in [-0.2, -0.15) is 5.10 Å². The van der Waals surface area contributed by atoms with Crippen molar-refractivity contribution in [3.63, 3.8) is 0 Å². The zero-order valence-corrected chi connectivity index (χ0v) is 9.98. The summed E-state index contributed by atoms with van der Waals surface area (Å²) in [7, 11) is 1.92. The monoisotopic (exact) mass is 241 g/mol. The molecule has 2 rings (SSSR count). The molecule has 0 unspecified atom stereocenters. The summed E-state index contributed by atoms with van der Waals surface area (Å²) < 4.78 is 1.80. The zero-order valence-electron chi connectivity index (χ0n) is 8.40. The van der Waals surface area contributed by atoms with Crippen molar-refractivity contribution in [3.05, 3.63) is 39.3 Å². The van der Waals surface area contributed by atoms with Crippen LogP contribution in [0.1, 0.15) is 10.6 Å². The summed E-state index contributed by atoms with van der Waals surface area (Å²) in [6.07, 6.45) is 1.94. The highest BCUT2D eigenvalue weighted by Crippen LogP contribution is 2.18. The molecule has 80 valence electrons. The largest absolute Gasteiger partial charge is 0.306 e. The number of nitrogens with one attached hydrogen (secondary N) is 1. The minimum Gasteiger partial charge on any atom is -0.306 e. The van der Waals surface area contributed by atoms with E-state index in [0.717, 1.165) is 23.8 Å². The minimum atomic E-state index is 0.788. The summed E-state index contributed by atoms with van der Waals surface area (Å²) in [5.74, 6) is 0. The fraction of sp³-hybridized carbons (Fsp3) is 0.300. The summed E-state index contributed by atoms with van der Waals surface area (Å²) in [6, 6.07) is 3.99. The van der Waals surface area contributed by atoms with Gasteiger partial charge in [0.15, 0.2) is 0 Å². The second-order valence-corrected chi connectivity index (χ2v) is 4.75. The first-order valence-corrected chi connectivity index (χ1v) is 5.92. The Morgan fingerprint density at radius 2 is 2.40 bits per heavy atom. The maximum Gasteiger partial charge on any atom is 0.0762 e. The molecule has 0 atom stereocenters. The highest BCUT2D eigenvalue weighted by atomic mass is 35.5. The minimum absolute atomic E-state index is 0.788. The van der Waals surface area contributed by atoms with Crippen LogP contribution >= 0.6 is 22.9 Å². The van der Waals surface area contributed by atoms with Gasteiger partial charge in [0.2, 0.25) is 0 Å². The van der Waals surface area contributed by atoms with Crippen LogP contribution in [0.3, 0.4) is 0 Å². The third kappa shape index (κ3) is 3.06. The smallest absolute Gasteiger partial charge is 0.0762 e. The first kappa shape index (κ1) is 10.7. The molecule has 0 saturated heterocycles. The van der Waals surface area contributed by atoms with Crippen LogP contribution in [-0.2, 0) is 20.1 Å². The Balaban J connectivity index is 1.80. The van der Waals surface area contributed by atoms with Crippen molar-refractivity contribution in [2.24, 2.45) is 7.05 Å². The van der Waals surface area contributed by atoms with E-state index in [1.165, 1.54) is 4.88 Å². The molecule has 0 spiro atoms. The van der Waals surface area contributed by atoms with Gasteiger partial charge in [-0.1, -0.05) is 11.6 Å². The van der Waals surface area contributed by atoms with Crippen molar-refractivity contribution in [2.45, 2.75) is 13.1 Å². The number of rotatable bonds is 4. The molecule has 2 aromatic rings. The Labute approximate surface area is 97.7 Å². The standard InChI is InChI=1S/C10H12ClN3S/c1-14-3-2-9(13-14)5-12-6-10-4-8(11)7-15-10/h2-4,7,12H,5-6H2,1H3. The van der Waals surface area contributed by atoms with Crippen LogP contribution < -0.4 is 5.32 Å². The molecular weight excluding hydrogens is 230 g/mol. The van der Waals surface area contributed by atoms with E-state index in [-0.39, 0.29) is 0 Å². The summed E-state index contributed by atoms with van der Waals surface area (Å²) in [6.45, 7) is 1.63. The molecule has 1 N–H and O–H groups in total. The third-order valence-electron chi connectivity index (χ3n) is 2.00. The van der Waals surface area contributed by atoms with E-state index in [0.29, 0.717) is 0 Å². The molecule has 0 radical (unpaired) electrons. The first-order chi connectivity index (χ1) is 7.24. The Bertz CT molecular complexity index is 395. The molecule has 0 aliphatic carbocycles. The van der Waals surface area contributed by atoms with Gasteiger partial charge in [0.25, 0.3) is 0 Å². The third-order valence-corrected chi connectivity index (χ3v) is 3.28. The van der Waals surface area contributed by atoms with Gasteiger partial charge in [0.1, 0.15) is 0 Å². The van der Waals surface area contributed by atoms with Gasteiger partial charge < -0.3 is 5.32 Å². The molecule has 0 saturated carbocycles. The van der Waals surface area contributed by atoms with E-state index in [9.17, 15) is 0 Å². The predicted octanol–water partition coefficient (Wildman–Crippen LogP) is 2.42. The SMILES string of the molecule is Cn1ccc(CNCc2cc(Cl)cs2)n1. The van der Waals surface area contributed by atoms with E-state index < -0.39 is 0 Å². The molecule has 15 heavy (non-hydrogen) atoms. The quantitative estimate of drug-likeness (QED) is 0.891. The van der Waals surface area contributed by atoms with Gasteiger partial charge in [-0.15, -0.1) is 11.3 Å². The van der Waals surface area contributed by atoms with Crippen molar-refractivity contribution in [1.82, 2.24) is 15.1 Å². The maximum absolute atomic E-state index is 5.83. The van der Waals surface area contributed by atoms with E-state index in [2.05, 4.69) is 10.4 Å². The Morgan fingerprint density at radius 1 is 1.53 bits per heavy atom. The molecular formula is C10H12ClN3S. The topological polar surface area (TPSA) is 29.9 Å². The Hall–Kier alpha value is -0.840. The summed E-state index contributed by atoms with van der Waals surface area (Å²) >= 11 is 7.50. The highest BCUT2D eigenvalue weighted by Gasteiger charge is 1.99. The van der Waals surface area contributed by atoms with E-state index in [4.69, 9.17) is 11.6 Å². The highest BCUT2D eigenvalue weighted by molar-refractivity contribution is 7.10. The van der Waals surface area contributed by atoms with Crippen LogP contribution in [0, 0.1) is 0 Å². The van der Waals surface area contributed by atoms with Crippen molar-refractivity contribution in [1.29, 1.82) is 0 Å². The number of hydrogen-bond donors (Lipinski definition) is 1. The summed E-state index contributed by atoms with van der Waals surface area (Å²) in [5.41, 5.74) is 1.06. The number of aromatic nitrogens is 2. The average molecular weight is 242 g/mol. The van der Waals surface area contributed by atoms with Gasteiger partial charge in [-0.25, -0.2) is 0 Å². The van der Waals surface area contributed by atoms with E-state index in [1.807, 2.05) is 30.8 Å². The lowest BCUT2D eigenvalue weighted by Crippen LogP contribution is -2.12. The second kappa shape index (κ2) is 4.79. The molecule has 3 nitrogen and oxygen atoms in total. The molecule has 2 heterocycles. The molecule has 0 fully saturated rings. The maximum atomic E-state index is 5.83. The molecule has 0 aliphatic rings. The van der Waals surface area contributed by atoms with Gasteiger partial charge >= 0.3 is 0 Å². The average Bonchev–Trinajstić information content (AvgIpc) is 2.76. The lowest BCUT2D eigenvalue weighted by Gasteiger charge is -1.99. The lowest BCUT2D eigenvalue weighted by molar-refractivity contribution is 0.661. The van der Waals surface area contributed by atoms with Crippen LogP contribution in [0.4, 0.5) is 0 Å².